The first kappa shape index (κ1) is 25.7. The first-order valence-corrected chi connectivity index (χ1v) is 12.3. The number of benzene rings is 1. The molecule has 0 saturated carbocycles. The maximum Gasteiger partial charge on any atom is 0.420 e. The zero-order valence-corrected chi connectivity index (χ0v) is 21.2. The molecule has 0 unspecified atom stereocenters. The van der Waals surface area contributed by atoms with E-state index in [1.807, 2.05) is 18.2 Å². The van der Waals surface area contributed by atoms with Gasteiger partial charge in [0.2, 0.25) is 0 Å². The number of carbonyl (C=O) groups is 2. The molecule has 1 fully saturated rings. The summed E-state index contributed by atoms with van der Waals surface area (Å²) < 4.78 is 6.76. The molecule has 1 aliphatic rings. The van der Waals surface area contributed by atoms with Crippen molar-refractivity contribution in [3.05, 3.63) is 60.4 Å². The molecule has 0 aliphatic carbocycles. The monoisotopic (exact) mass is 493 g/mol. The largest absolute Gasteiger partial charge is 0.443 e. The van der Waals surface area contributed by atoms with Crippen molar-refractivity contribution >= 4 is 28.8 Å². The van der Waals surface area contributed by atoms with Gasteiger partial charge in [0.05, 0.1) is 11.3 Å². The maximum atomic E-state index is 12.5. The number of ether oxygens (including phenoxy) is 1. The van der Waals surface area contributed by atoms with Crippen LogP contribution in [0.4, 0.5) is 15.3 Å². The summed E-state index contributed by atoms with van der Waals surface area (Å²) in [7, 11) is 0. The summed E-state index contributed by atoms with van der Waals surface area (Å²) in [5, 5.41) is 17.3. The molecule has 3 aromatic rings. The predicted octanol–water partition coefficient (Wildman–Crippen LogP) is 4.01. The van der Waals surface area contributed by atoms with Gasteiger partial charge in [-0.25, -0.2) is 19.1 Å². The Morgan fingerprint density at radius 3 is 2.53 bits per heavy atom. The number of hydrogen-bond donors (Lipinski definition) is 3. The normalized spacial score (nSPS) is 16.0. The lowest BCUT2D eigenvalue weighted by molar-refractivity contribution is -0.0201. The van der Waals surface area contributed by atoms with Crippen molar-refractivity contribution in [3.63, 3.8) is 0 Å². The molecule has 0 radical (unpaired) electrons. The van der Waals surface area contributed by atoms with Gasteiger partial charge in [-0.15, -0.1) is 0 Å². The van der Waals surface area contributed by atoms with Crippen LogP contribution in [0.2, 0.25) is 0 Å². The summed E-state index contributed by atoms with van der Waals surface area (Å²) in [6, 6.07) is 13.2. The Hall–Kier alpha value is -3.43. The second kappa shape index (κ2) is 10.7. The molecule has 9 nitrogen and oxygen atoms in total. The average Bonchev–Trinajstić information content (AvgIpc) is 3.25. The van der Waals surface area contributed by atoms with Gasteiger partial charge in [0.25, 0.3) is 0 Å². The van der Waals surface area contributed by atoms with E-state index in [0.29, 0.717) is 49.1 Å². The van der Waals surface area contributed by atoms with Gasteiger partial charge < -0.3 is 25.4 Å². The number of urea groups is 1. The first-order valence-electron chi connectivity index (χ1n) is 12.3. The molecule has 0 bridgehead atoms. The highest BCUT2D eigenvalue weighted by atomic mass is 16.6. The molecule has 3 heterocycles. The molecule has 4 rings (SSSR count). The van der Waals surface area contributed by atoms with Gasteiger partial charge in [-0.1, -0.05) is 30.3 Å². The number of nitrogens with one attached hydrogen (secondary N) is 2. The number of amides is 2. The summed E-state index contributed by atoms with van der Waals surface area (Å²) in [6.07, 6.45) is 4.69. The number of rotatable bonds is 6. The number of hydrogen-bond acceptors (Lipinski definition) is 6. The summed E-state index contributed by atoms with van der Waals surface area (Å²) in [5.74, 6) is 0. The zero-order valence-electron chi connectivity index (χ0n) is 21.2. The third kappa shape index (κ3) is 6.61. The van der Waals surface area contributed by atoms with Crippen molar-refractivity contribution in [3.8, 4) is 0 Å². The van der Waals surface area contributed by atoms with Gasteiger partial charge in [-0.3, -0.25) is 0 Å². The number of aliphatic hydroxyl groups is 1. The van der Waals surface area contributed by atoms with E-state index in [2.05, 4.69) is 32.7 Å². The van der Waals surface area contributed by atoms with E-state index in [9.17, 15) is 14.7 Å². The molecule has 0 spiro atoms. The summed E-state index contributed by atoms with van der Waals surface area (Å²) in [6.45, 7) is 8.17. The Balaban J connectivity index is 1.25. The van der Waals surface area contributed by atoms with Crippen molar-refractivity contribution < 1.29 is 19.4 Å². The van der Waals surface area contributed by atoms with Gasteiger partial charge in [0.1, 0.15) is 5.60 Å². The van der Waals surface area contributed by atoms with Gasteiger partial charge in [-0.2, -0.15) is 0 Å². The van der Waals surface area contributed by atoms with E-state index in [1.54, 1.807) is 45.3 Å². The van der Waals surface area contributed by atoms with Gasteiger partial charge in [-0.05, 0) is 51.3 Å². The summed E-state index contributed by atoms with van der Waals surface area (Å²) in [4.78, 5) is 31.5. The van der Waals surface area contributed by atoms with E-state index in [4.69, 9.17) is 4.74 Å². The Bertz CT molecular complexity index is 1190. The van der Waals surface area contributed by atoms with Crippen molar-refractivity contribution in [2.75, 3.05) is 31.5 Å². The topological polar surface area (TPSA) is 109 Å². The second-order valence-corrected chi connectivity index (χ2v) is 10.4. The second-order valence-electron chi connectivity index (χ2n) is 10.4. The predicted molar refractivity (Wildman–Crippen MR) is 139 cm³/mol. The molecule has 1 aromatic carbocycles. The van der Waals surface area contributed by atoms with Crippen LogP contribution in [0, 0.1) is 0 Å². The molecule has 2 amide bonds. The molecular weight excluding hydrogens is 458 g/mol. The number of fused-ring (bicyclic) bond motifs is 1. The molecule has 9 heteroatoms. The van der Waals surface area contributed by atoms with Crippen LogP contribution >= 0.6 is 0 Å². The van der Waals surface area contributed by atoms with Crippen molar-refractivity contribution in [2.45, 2.75) is 51.2 Å². The zero-order chi connectivity index (χ0) is 25.8. The van der Waals surface area contributed by atoms with E-state index < -0.39 is 17.3 Å². The number of piperidine rings is 1. The lowest BCUT2D eigenvalue weighted by Gasteiger charge is -2.38. The van der Waals surface area contributed by atoms with Crippen LogP contribution in [0.5, 0.6) is 0 Å². The number of aromatic nitrogens is 2. The number of anilines is 1. The van der Waals surface area contributed by atoms with Crippen LogP contribution in [-0.2, 0) is 11.2 Å². The highest BCUT2D eigenvalue weighted by molar-refractivity contribution is 6.01. The first-order chi connectivity index (χ1) is 17.1. The molecule has 1 saturated heterocycles. The van der Waals surface area contributed by atoms with E-state index >= 15 is 0 Å². The Morgan fingerprint density at radius 1 is 1.11 bits per heavy atom. The fourth-order valence-electron chi connectivity index (χ4n) is 4.45. The van der Waals surface area contributed by atoms with Crippen molar-refractivity contribution in [2.24, 2.45) is 0 Å². The Labute approximate surface area is 211 Å². The highest BCUT2D eigenvalue weighted by Crippen LogP contribution is 2.26. The summed E-state index contributed by atoms with van der Waals surface area (Å²) >= 11 is 0. The van der Waals surface area contributed by atoms with E-state index in [0.717, 1.165) is 18.7 Å². The number of pyridine rings is 1. The highest BCUT2D eigenvalue weighted by Gasteiger charge is 2.32. The third-order valence-corrected chi connectivity index (χ3v) is 6.30. The van der Waals surface area contributed by atoms with Crippen molar-refractivity contribution in [1.29, 1.82) is 0 Å². The molecular formula is C27H35N5O4. The standard InChI is InChI=1S/C27H35N5O4/c1-26(2,3)36-25(34)32-15-10-21-22(9-13-28-23(21)32)30-24(33)29-14-18-31-16-11-27(35,12-17-31)19-20-7-5-4-6-8-20/h4-10,13,15,35H,11-12,14,16-19H2,1-3H3,(H2,28,29,30,33). The molecule has 192 valence electrons. The SMILES string of the molecule is CC(C)(C)OC(=O)n1ccc2c(NC(=O)NCCN3CCC(O)(Cc4ccccc4)CC3)ccnc21. The van der Waals surface area contributed by atoms with Crippen LogP contribution < -0.4 is 10.6 Å². The Morgan fingerprint density at radius 2 is 1.83 bits per heavy atom. The molecule has 2 aromatic heterocycles. The summed E-state index contributed by atoms with van der Waals surface area (Å²) in [5.41, 5.74) is 0.823. The number of nitrogens with zero attached hydrogens (tertiary/aromatic N) is 3. The average molecular weight is 494 g/mol. The quantitative estimate of drug-likeness (QED) is 0.479. The van der Waals surface area contributed by atoms with E-state index in [-0.39, 0.29) is 6.03 Å². The molecule has 1 aliphatic heterocycles. The van der Waals surface area contributed by atoms with Crippen LogP contribution in [0.1, 0.15) is 39.2 Å². The van der Waals surface area contributed by atoms with E-state index in [1.165, 1.54) is 4.57 Å². The van der Waals surface area contributed by atoms with Gasteiger partial charge in [0.15, 0.2) is 5.65 Å². The number of carbonyl (C=O) groups excluding carboxylic acids is 2. The van der Waals surface area contributed by atoms with Crippen LogP contribution in [0.3, 0.4) is 0 Å². The molecule has 0 atom stereocenters. The lowest BCUT2D eigenvalue weighted by Crippen LogP contribution is -2.47. The smallest absolute Gasteiger partial charge is 0.420 e. The van der Waals surface area contributed by atoms with Gasteiger partial charge >= 0.3 is 12.1 Å². The number of likely N-dealkylation sites (tertiary alicyclic amines) is 1. The van der Waals surface area contributed by atoms with Gasteiger partial charge in [0, 0.05) is 50.4 Å². The Kier molecular flexibility index (Phi) is 7.61. The maximum absolute atomic E-state index is 12.5. The third-order valence-electron chi connectivity index (χ3n) is 6.30. The van der Waals surface area contributed by atoms with Crippen molar-refractivity contribution in [1.82, 2.24) is 19.8 Å². The van der Waals surface area contributed by atoms with Crippen LogP contribution in [-0.4, -0.2) is 69.1 Å². The minimum atomic E-state index is -0.676. The van der Waals surface area contributed by atoms with Crippen LogP contribution in [0.15, 0.2) is 54.9 Å². The van der Waals surface area contributed by atoms with Crippen LogP contribution in [0.25, 0.3) is 11.0 Å². The fourth-order valence-corrected chi connectivity index (χ4v) is 4.45. The molecule has 3 N–H and O–H groups in total. The minimum absolute atomic E-state index is 0.329. The lowest BCUT2D eigenvalue weighted by atomic mass is 9.85. The fraction of sp³-hybridized carbons (Fsp3) is 0.444. The minimum Gasteiger partial charge on any atom is -0.443 e. The molecule has 36 heavy (non-hydrogen) atoms.